The second-order valence-corrected chi connectivity index (χ2v) is 6.26. The zero-order valence-corrected chi connectivity index (χ0v) is 13.4. The number of alkyl halides is 1. The summed E-state index contributed by atoms with van der Waals surface area (Å²) in [4.78, 5) is 15.9. The van der Waals surface area contributed by atoms with Crippen LogP contribution in [-0.2, 0) is 11.2 Å². The van der Waals surface area contributed by atoms with Crippen molar-refractivity contribution in [3.8, 4) is 0 Å². The van der Waals surface area contributed by atoms with Gasteiger partial charge in [-0.15, -0.1) is 0 Å². The molecule has 1 atom stereocenters. The molecule has 0 aliphatic carbocycles. The molecule has 2 rings (SSSR count). The molecule has 1 saturated heterocycles. The number of nitrogens with zero attached hydrogens (tertiary/aromatic N) is 2. The van der Waals surface area contributed by atoms with E-state index < -0.39 is 4.83 Å². The number of hydrogen-bond acceptors (Lipinski definition) is 3. The molecule has 0 bridgehead atoms. The maximum absolute atomic E-state index is 13.6. The van der Waals surface area contributed by atoms with Crippen LogP contribution in [0.15, 0.2) is 24.3 Å². The highest BCUT2D eigenvalue weighted by molar-refractivity contribution is 9.10. The van der Waals surface area contributed by atoms with Crippen molar-refractivity contribution in [2.45, 2.75) is 11.2 Å². The van der Waals surface area contributed by atoms with Gasteiger partial charge in [0.1, 0.15) is 5.82 Å². The normalized spacial score (nSPS) is 17.8. The van der Waals surface area contributed by atoms with Crippen LogP contribution in [0.25, 0.3) is 0 Å². The predicted molar refractivity (Wildman–Crippen MR) is 82.9 cm³/mol. The van der Waals surface area contributed by atoms with E-state index in [9.17, 15) is 9.18 Å². The number of halogens is 2. The van der Waals surface area contributed by atoms with E-state index in [4.69, 9.17) is 5.11 Å². The van der Waals surface area contributed by atoms with Crippen LogP contribution in [0.4, 0.5) is 4.39 Å². The fourth-order valence-electron chi connectivity index (χ4n) is 2.48. The third-order valence-electron chi connectivity index (χ3n) is 3.73. The maximum atomic E-state index is 13.6. The molecule has 0 spiro atoms. The molecule has 1 aromatic rings. The summed E-state index contributed by atoms with van der Waals surface area (Å²) in [6.07, 6.45) is 0.350. The molecule has 1 N–H and O–H groups in total. The predicted octanol–water partition coefficient (Wildman–Crippen LogP) is 1.27. The highest BCUT2D eigenvalue weighted by Gasteiger charge is 2.26. The molecular weight excluding hydrogens is 339 g/mol. The van der Waals surface area contributed by atoms with Crippen molar-refractivity contribution >= 4 is 21.8 Å². The Morgan fingerprint density at radius 2 is 1.95 bits per heavy atom. The summed E-state index contributed by atoms with van der Waals surface area (Å²) >= 11 is 3.38. The quantitative estimate of drug-likeness (QED) is 0.806. The number of aliphatic hydroxyl groups is 1. The van der Waals surface area contributed by atoms with Gasteiger partial charge in [-0.05, 0) is 18.1 Å². The third kappa shape index (κ3) is 4.49. The Labute approximate surface area is 132 Å². The van der Waals surface area contributed by atoms with Crippen molar-refractivity contribution in [2.75, 3.05) is 39.3 Å². The number of piperazine rings is 1. The molecule has 1 unspecified atom stereocenters. The lowest BCUT2D eigenvalue weighted by Crippen LogP contribution is -2.51. The lowest BCUT2D eigenvalue weighted by Gasteiger charge is -2.35. The molecular formula is C15H20BrFN2O2. The van der Waals surface area contributed by atoms with Gasteiger partial charge >= 0.3 is 0 Å². The number of rotatable bonds is 5. The fourth-order valence-corrected chi connectivity index (χ4v) is 3.11. The Balaban J connectivity index is 1.87. The van der Waals surface area contributed by atoms with Gasteiger partial charge in [0.15, 0.2) is 0 Å². The highest BCUT2D eigenvalue weighted by Crippen LogP contribution is 2.16. The largest absolute Gasteiger partial charge is 0.395 e. The van der Waals surface area contributed by atoms with Crippen LogP contribution >= 0.6 is 15.9 Å². The molecule has 21 heavy (non-hydrogen) atoms. The van der Waals surface area contributed by atoms with Crippen LogP contribution < -0.4 is 0 Å². The number of amides is 1. The molecule has 0 radical (unpaired) electrons. The number of carbonyl (C=O) groups excluding carboxylic acids is 1. The van der Waals surface area contributed by atoms with Crippen molar-refractivity contribution in [2.24, 2.45) is 0 Å². The average molecular weight is 359 g/mol. The zero-order valence-electron chi connectivity index (χ0n) is 11.8. The van der Waals surface area contributed by atoms with Crippen LogP contribution in [0, 0.1) is 5.82 Å². The standard InChI is InChI=1S/C15H20BrFN2O2/c16-13(11-12-3-1-2-4-14(12)17)15(21)19-7-5-18(6-8-19)9-10-20/h1-4,13,20H,5-11H2. The summed E-state index contributed by atoms with van der Waals surface area (Å²) in [6, 6.07) is 6.53. The summed E-state index contributed by atoms with van der Waals surface area (Å²) in [7, 11) is 0. The van der Waals surface area contributed by atoms with Crippen LogP contribution in [-0.4, -0.2) is 65.0 Å². The third-order valence-corrected chi connectivity index (χ3v) is 4.44. The second-order valence-electron chi connectivity index (χ2n) is 5.15. The van der Waals surface area contributed by atoms with Crippen molar-refractivity contribution in [1.82, 2.24) is 9.80 Å². The van der Waals surface area contributed by atoms with E-state index in [1.165, 1.54) is 6.07 Å². The van der Waals surface area contributed by atoms with Gasteiger partial charge in [0.25, 0.3) is 0 Å². The fraction of sp³-hybridized carbons (Fsp3) is 0.533. The summed E-state index contributed by atoms with van der Waals surface area (Å²) < 4.78 is 13.6. The minimum atomic E-state index is -0.404. The highest BCUT2D eigenvalue weighted by atomic mass is 79.9. The van der Waals surface area contributed by atoms with Gasteiger partial charge in [0, 0.05) is 32.7 Å². The number of β-amino-alcohol motifs (C(OH)–C–C–N with tert-alkyl or cyclic N) is 1. The molecule has 1 fully saturated rings. The molecule has 6 heteroatoms. The van der Waals surface area contributed by atoms with Crippen molar-refractivity contribution in [1.29, 1.82) is 0 Å². The van der Waals surface area contributed by atoms with E-state index in [0.717, 1.165) is 13.1 Å². The molecule has 1 aliphatic heterocycles. The SMILES string of the molecule is O=C(C(Br)Cc1ccccc1F)N1CCN(CCO)CC1. The Kier molecular flexibility index (Phi) is 6.14. The molecule has 4 nitrogen and oxygen atoms in total. The number of benzene rings is 1. The van der Waals surface area contributed by atoms with Crippen LogP contribution in [0.5, 0.6) is 0 Å². The summed E-state index contributed by atoms with van der Waals surface area (Å²) in [5.41, 5.74) is 0.548. The van der Waals surface area contributed by atoms with E-state index in [1.54, 1.807) is 23.1 Å². The first kappa shape index (κ1) is 16.4. The van der Waals surface area contributed by atoms with Gasteiger partial charge in [0.2, 0.25) is 5.91 Å². The average Bonchev–Trinajstić information content (AvgIpc) is 2.50. The lowest BCUT2D eigenvalue weighted by molar-refractivity contribution is -0.132. The van der Waals surface area contributed by atoms with E-state index in [0.29, 0.717) is 31.6 Å². The molecule has 116 valence electrons. The van der Waals surface area contributed by atoms with Crippen LogP contribution in [0.1, 0.15) is 5.56 Å². The van der Waals surface area contributed by atoms with E-state index >= 15 is 0 Å². The minimum Gasteiger partial charge on any atom is -0.395 e. The Morgan fingerprint density at radius 1 is 1.29 bits per heavy atom. The smallest absolute Gasteiger partial charge is 0.236 e. The molecule has 1 aromatic carbocycles. The van der Waals surface area contributed by atoms with Gasteiger partial charge in [-0.1, -0.05) is 34.1 Å². The number of aliphatic hydroxyl groups excluding tert-OH is 1. The maximum Gasteiger partial charge on any atom is 0.236 e. The number of hydrogen-bond donors (Lipinski definition) is 1. The Hall–Kier alpha value is -0.980. The summed E-state index contributed by atoms with van der Waals surface area (Å²) in [5, 5.41) is 8.91. The minimum absolute atomic E-state index is 0.00176. The first-order chi connectivity index (χ1) is 10.1. The van der Waals surface area contributed by atoms with E-state index in [2.05, 4.69) is 20.8 Å². The van der Waals surface area contributed by atoms with Crippen molar-refractivity contribution in [3.05, 3.63) is 35.6 Å². The molecule has 0 saturated carbocycles. The van der Waals surface area contributed by atoms with E-state index in [1.807, 2.05) is 0 Å². The first-order valence-corrected chi connectivity index (χ1v) is 8.03. The Bertz CT molecular complexity index is 478. The summed E-state index contributed by atoms with van der Waals surface area (Å²) in [5.74, 6) is -0.274. The molecule has 1 aliphatic rings. The monoisotopic (exact) mass is 358 g/mol. The Morgan fingerprint density at radius 3 is 2.57 bits per heavy atom. The van der Waals surface area contributed by atoms with Crippen molar-refractivity contribution < 1.29 is 14.3 Å². The van der Waals surface area contributed by atoms with Crippen LogP contribution in [0.2, 0.25) is 0 Å². The molecule has 1 amide bonds. The topological polar surface area (TPSA) is 43.8 Å². The van der Waals surface area contributed by atoms with Gasteiger partial charge in [0.05, 0.1) is 11.4 Å². The van der Waals surface area contributed by atoms with Crippen molar-refractivity contribution in [3.63, 3.8) is 0 Å². The lowest BCUT2D eigenvalue weighted by atomic mass is 10.1. The van der Waals surface area contributed by atoms with E-state index in [-0.39, 0.29) is 18.3 Å². The van der Waals surface area contributed by atoms with Crippen LogP contribution in [0.3, 0.4) is 0 Å². The van der Waals surface area contributed by atoms with Gasteiger partial charge in [-0.2, -0.15) is 0 Å². The van der Waals surface area contributed by atoms with Gasteiger partial charge in [-0.3, -0.25) is 9.69 Å². The first-order valence-electron chi connectivity index (χ1n) is 7.11. The number of carbonyl (C=O) groups is 1. The second kappa shape index (κ2) is 7.87. The van der Waals surface area contributed by atoms with Gasteiger partial charge in [-0.25, -0.2) is 4.39 Å². The molecule has 1 heterocycles. The zero-order chi connectivity index (χ0) is 15.2. The summed E-state index contributed by atoms with van der Waals surface area (Å²) in [6.45, 7) is 3.63. The molecule has 0 aromatic heterocycles. The van der Waals surface area contributed by atoms with Gasteiger partial charge < -0.3 is 10.0 Å².